The second-order valence-electron chi connectivity index (χ2n) is 4.59. The SMILES string of the molecule is CCNc1cc(-c2ccccc2)nc2c(F)cccc12. The van der Waals surface area contributed by atoms with Crippen molar-refractivity contribution in [2.45, 2.75) is 6.92 Å². The maximum absolute atomic E-state index is 14.0. The summed E-state index contributed by atoms with van der Waals surface area (Å²) < 4.78 is 14.0. The van der Waals surface area contributed by atoms with Gasteiger partial charge in [-0.1, -0.05) is 42.5 Å². The summed E-state index contributed by atoms with van der Waals surface area (Å²) in [5.41, 5.74) is 3.08. The zero-order valence-corrected chi connectivity index (χ0v) is 11.2. The number of para-hydroxylation sites is 1. The van der Waals surface area contributed by atoms with Crippen LogP contribution in [-0.2, 0) is 0 Å². The molecule has 0 aliphatic heterocycles. The first-order valence-corrected chi connectivity index (χ1v) is 6.68. The fourth-order valence-corrected chi connectivity index (χ4v) is 2.31. The van der Waals surface area contributed by atoms with Gasteiger partial charge in [0.25, 0.3) is 0 Å². The van der Waals surface area contributed by atoms with Crippen molar-refractivity contribution < 1.29 is 4.39 Å². The van der Waals surface area contributed by atoms with E-state index in [-0.39, 0.29) is 5.82 Å². The molecule has 0 aliphatic rings. The summed E-state index contributed by atoms with van der Waals surface area (Å²) in [6.07, 6.45) is 0. The average Bonchev–Trinajstić information content (AvgIpc) is 2.49. The molecule has 0 saturated heterocycles. The van der Waals surface area contributed by atoms with Gasteiger partial charge < -0.3 is 5.32 Å². The van der Waals surface area contributed by atoms with Crippen molar-refractivity contribution in [1.29, 1.82) is 0 Å². The van der Waals surface area contributed by atoms with Gasteiger partial charge in [0.15, 0.2) is 0 Å². The van der Waals surface area contributed by atoms with E-state index in [2.05, 4.69) is 10.3 Å². The Morgan fingerprint density at radius 1 is 1.05 bits per heavy atom. The number of nitrogens with zero attached hydrogens (tertiary/aromatic N) is 1. The number of halogens is 1. The van der Waals surface area contributed by atoms with Gasteiger partial charge in [0.05, 0.1) is 5.69 Å². The van der Waals surface area contributed by atoms with Crippen molar-refractivity contribution in [3.63, 3.8) is 0 Å². The van der Waals surface area contributed by atoms with Crippen molar-refractivity contribution in [3.05, 3.63) is 60.4 Å². The van der Waals surface area contributed by atoms with Crippen LogP contribution in [0.15, 0.2) is 54.6 Å². The minimum absolute atomic E-state index is 0.292. The molecule has 0 radical (unpaired) electrons. The molecule has 2 aromatic carbocycles. The fraction of sp³-hybridized carbons (Fsp3) is 0.118. The van der Waals surface area contributed by atoms with E-state index in [0.717, 1.165) is 28.9 Å². The zero-order valence-electron chi connectivity index (χ0n) is 11.2. The van der Waals surface area contributed by atoms with E-state index in [1.165, 1.54) is 6.07 Å². The van der Waals surface area contributed by atoms with E-state index in [1.807, 2.05) is 49.4 Å². The lowest BCUT2D eigenvalue weighted by Gasteiger charge is -2.11. The monoisotopic (exact) mass is 266 g/mol. The number of fused-ring (bicyclic) bond motifs is 1. The van der Waals surface area contributed by atoms with Crippen LogP contribution < -0.4 is 5.32 Å². The topological polar surface area (TPSA) is 24.9 Å². The maximum Gasteiger partial charge on any atom is 0.149 e. The van der Waals surface area contributed by atoms with Crippen molar-refractivity contribution in [3.8, 4) is 11.3 Å². The van der Waals surface area contributed by atoms with Gasteiger partial charge in [-0.3, -0.25) is 0 Å². The van der Waals surface area contributed by atoms with Crippen LogP contribution in [-0.4, -0.2) is 11.5 Å². The molecule has 0 unspecified atom stereocenters. The minimum atomic E-state index is -0.292. The lowest BCUT2D eigenvalue weighted by molar-refractivity contribution is 0.637. The molecule has 0 saturated carbocycles. The molecular formula is C17H15FN2. The molecule has 1 N–H and O–H groups in total. The van der Waals surface area contributed by atoms with Gasteiger partial charge >= 0.3 is 0 Å². The van der Waals surface area contributed by atoms with Gasteiger partial charge in [0.1, 0.15) is 11.3 Å². The molecule has 0 amide bonds. The molecule has 0 atom stereocenters. The van der Waals surface area contributed by atoms with E-state index in [9.17, 15) is 4.39 Å². The fourth-order valence-electron chi connectivity index (χ4n) is 2.31. The van der Waals surface area contributed by atoms with Gasteiger partial charge in [-0.15, -0.1) is 0 Å². The smallest absolute Gasteiger partial charge is 0.149 e. The molecule has 2 nitrogen and oxygen atoms in total. The van der Waals surface area contributed by atoms with Gasteiger partial charge in [0.2, 0.25) is 0 Å². The predicted molar refractivity (Wildman–Crippen MR) is 81.3 cm³/mol. The number of rotatable bonds is 3. The quantitative estimate of drug-likeness (QED) is 0.756. The Morgan fingerprint density at radius 2 is 1.85 bits per heavy atom. The highest BCUT2D eigenvalue weighted by molar-refractivity contribution is 5.94. The molecule has 0 aliphatic carbocycles. The number of hydrogen-bond donors (Lipinski definition) is 1. The zero-order chi connectivity index (χ0) is 13.9. The summed E-state index contributed by atoms with van der Waals surface area (Å²) in [6.45, 7) is 2.80. The second-order valence-corrected chi connectivity index (χ2v) is 4.59. The van der Waals surface area contributed by atoms with Crippen LogP contribution >= 0.6 is 0 Å². The number of hydrogen-bond acceptors (Lipinski definition) is 2. The van der Waals surface area contributed by atoms with Crippen LogP contribution in [0, 0.1) is 5.82 Å². The third-order valence-electron chi connectivity index (χ3n) is 3.23. The predicted octanol–water partition coefficient (Wildman–Crippen LogP) is 4.47. The Kier molecular flexibility index (Phi) is 3.33. The normalized spacial score (nSPS) is 10.7. The number of benzene rings is 2. The van der Waals surface area contributed by atoms with E-state index < -0.39 is 0 Å². The third kappa shape index (κ3) is 2.23. The Morgan fingerprint density at radius 3 is 2.60 bits per heavy atom. The summed E-state index contributed by atoms with van der Waals surface area (Å²) in [5, 5.41) is 4.09. The summed E-state index contributed by atoms with van der Waals surface area (Å²) >= 11 is 0. The lowest BCUT2D eigenvalue weighted by Crippen LogP contribution is -2.00. The second kappa shape index (κ2) is 5.29. The lowest BCUT2D eigenvalue weighted by atomic mass is 10.1. The van der Waals surface area contributed by atoms with Gasteiger partial charge in [0, 0.05) is 23.2 Å². The number of nitrogens with one attached hydrogen (secondary N) is 1. The molecule has 0 bridgehead atoms. The van der Waals surface area contributed by atoms with E-state index in [4.69, 9.17) is 0 Å². The molecule has 0 fully saturated rings. The third-order valence-corrected chi connectivity index (χ3v) is 3.23. The van der Waals surface area contributed by atoms with E-state index >= 15 is 0 Å². The van der Waals surface area contributed by atoms with Crippen LogP contribution in [0.2, 0.25) is 0 Å². The first kappa shape index (κ1) is 12.6. The van der Waals surface area contributed by atoms with Crippen molar-refractivity contribution >= 4 is 16.6 Å². The van der Waals surface area contributed by atoms with Gasteiger partial charge in [-0.2, -0.15) is 0 Å². The Bertz CT molecular complexity index is 739. The highest BCUT2D eigenvalue weighted by Gasteiger charge is 2.10. The Hall–Kier alpha value is -2.42. The minimum Gasteiger partial charge on any atom is -0.385 e. The molecular weight excluding hydrogens is 251 g/mol. The molecule has 100 valence electrons. The average molecular weight is 266 g/mol. The number of aromatic nitrogens is 1. The van der Waals surface area contributed by atoms with Gasteiger partial charge in [-0.25, -0.2) is 9.37 Å². The summed E-state index contributed by atoms with van der Waals surface area (Å²) in [6, 6.07) is 16.8. The van der Waals surface area contributed by atoms with Crippen LogP contribution in [0.4, 0.5) is 10.1 Å². The van der Waals surface area contributed by atoms with Crippen molar-refractivity contribution in [1.82, 2.24) is 4.98 Å². The molecule has 3 heteroatoms. The van der Waals surface area contributed by atoms with E-state index in [1.54, 1.807) is 6.07 Å². The van der Waals surface area contributed by atoms with Gasteiger partial charge in [-0.05, 0) is 19.1 Å². The molecule has 20 heavy (non-hydrogen) atoms. The number of anilines is 1. The maximum atomic E-state index is 14.0. The molecule has 3 aromatic rings. The van der Waals surface area contributed by atoms with Crippen molar-refractivity contribution in [2.24, 2.45) is 0 Å². The van der Waals surface area contributed by atoms with Crippen LogP contribution in [0.5, 0.6) is 0 Å². The highest BCUT2D eigenvalue weighted by Crippen LogP contribution is 2.29. The van der Waals surface area contributed by atoms with Crippen molar-refractivity contribution in [2.75, 3.05) is 11.9 Å². The molecule has 1 heterocycles. The summed E-state index contributed by atoms with van der Waals surface area (Å²) in [7, 11) is 0. The summed E-state index contributed by atoms with van der Waals surface area (Å²) in [5.74, 6) is -0.292. The summed E-state index contributed by atoms with van der Waals surface area (Å²) in [4.78, 5) is 4.47. The van der Waals surface area contributed by atoms with Crippen LogP contribution in [0.3, 0.4) is 0 Å². The Balaban J connectivity index is 2.27. The molecule has 0 spiro atoms. The highest BCUT2D eigenvalue weighted by atomic mass is 19.1. The number of pyridine rings is 1. The Labute approximate surface area is 117 Å². The van der Waals surface area contributed by atoms with E-state index in [0.29, 0.717) is 5.52 Å². The van der Waals surface area contributed by atoms with Crippen LogP contribution in [0.25, 0.3) is 22.2 Å². The largest absolute Gasteiger partial charge is 0.385 e. The van der Waals surface area contributed by atoms with Crippen LogP contribution in [0.1, 0.15) is 6.92 Å². The molecule has 3 rings (SSSR count). The standard InChI is InChI=1S/C17H15FN2/c1-2-19-16-11-15(12-7-4-3-5-8-12)20-17-13(16)9-6-10-14(17)18/h3-11H,2H2,1H3,(H,19,20). The molecule has 1 aromatic heterocycles. The first-order valence-electron chi connectivity index (χ1n) is 6.68. The first-order chi connectivity index (χ1) is 9.79.